The van der Waals surface area contributed by atoms with Crippen molar-refractivity contribution in [3.8, 4) is 0 Å². The largest absolute Gasteiger partial charge is 0.341 e. The Hall–Kier alpha value is -2.96. The average Bonchev–Trinajstić information content (AvgIpc) is 3.53. The van der Waals surface area contributed by atoms with Gasteiger partial charge in [-0.2, -0.15) is 0 Å². The second-order valence-corrected chi connectivity index (χ2v) is 9.56. The van der Waals surface area contributed by atoms with Crippen molar-refractivity contribution in [2.24, 2.45) is 5.92 Å². The maximum Gasteiger partial charge on any atom is 0.254 e. The van der Waals surface area contributed by atoms with Crippen LogP contribution < -0.4 is 5.56 Å². The average molecular weight is 435 g/mol. The van der Waals surface area contributed by atoms with E-state index in [1.54, 1.807) is 0 Å². The van der Waals surface area contributed by atoms with E-state index in [1.807, 2.05) is 47.9 Å². The molecule has 3 aliphatic rings. The summed E-state index contributed by atoms with van der Waals surface area (Å²) in [6.07, 6.45) is 3.28. The van der Waals surface area contributed by atoms with Gasteiger partial charge in [-0.25, -0.2) is 4.98 Å². The molecule has 0 radical (unpaired) electrons. The van der Waals surface area contributed by atoms with Crippen LogP contribution in [-0.4, -0.2) is 51.2 Å². The van der Waals surface area contributed by atoms with Crippen molar-refractivity contribution >= 4 is 11.8 Å². The lowest BCUT2D eigenvalue weighted by Gasteiger charge is -2.28. The number of H-pyrrole nitrogens is 1. The molecule has 0 spiro atoms. The maximum atomic E-state index is 13.1. The second-order valence-electron chi connectivity index (χ2n) is 9.56. The first-order valence-corrected chi connectivity index (χ1v) is 11.7. The molecule has 3 heterocycles. The zero-order valence-electron chi connectivity index (χ0n) is 18.8. The molecule has 1 saturated heterocycles. The molecule has 168 valence electrons. The summed E-state index contributed by atoms with van der Waals surface area (Å²) < 4.78 is 0. The van der Waals surface area contributed by atoms with Crippen LogP contribution in [0.25, 0.3) is 0 Å². The number of amides is 2. The number of aromatic amines is 1. The van der Waals surface area contributed by atoms with E-state index in [0.29, 0.717) is 44.0 Å². The number of fused-ring (bicyclic) bond motifs is 1. The van der Waals surface area contributed by atoms with Gasteiger partial charge in [-0.05, 0) is 45.1 Å². The molecule has 1 saturated carbocycles. The Balaban J connectivity index is 1.30. The highest BCUT2D eigenvalue weighted by molar-refractivity contribution is 5.83. The first kappa shape index (κ1) is 20.9. The Morgan fingerprint density at radius 3 is 2.56 bits per heavy atom. The monoisotopic (exact) mass is 434 g/mol. The first-order valence-electron chi connectivity index (χ1n) is 11.7. The van der Waals surface area contributed by atoms with E-state index >= 15 is 0 Å². The van der Waals surface area contributed by atoms with Gasteiger partial charge in [-0.15, -0.1) is 0 Å². The number of aryl methyl sites for hydroxylation is 1. The van der Waals surface area contributed by atoms with Gasteiger partial charge in [0.05, 0.1) is 18.2 Å². The van der Waals surface area contributed by atoms with Crippen LogP contribution in [0.15, 0.2) is 29.1 Å². The summed E-state index contributed by atoms with van der Waals surface area (Å²) in [5.74, 6) is 0.930. The van der Waals surface area contributed by atoms with Gasteiger partial charge >= 0.3 is 0 Å². The number of hydrogen-bond acceptors (Lipinski definition) is 4. The smallest absolute Gasteiger partial charge is 0.254 e. The van der Waals surface area contributed by atoms with Crippen LogP contribution in [0.4, 0.5) is 0 Å². The third-order valence-electron chi connectivity index (χ3n) is 7.16. The lowest BCUT2D eigenvalue weighted by atomic mass is 9.98. The standard InChI is InChI=1S/C25H30N4O3/c1-15-3-5-17(6-4-15)16(2)24(31)28-11-9-19(13-28)22-26-21-14-29(25(32)18-7-8-18)12-10-20(21)23(30)27-22/h3-6,16,18-19H,7-14H2,1-2H3,(H,26,27,30). The number of nitrogens with zero attached hydrogens (tertiary/aromatic N) is 3. The first-order chi connectivity index (χ1) is 15.4. The summed E-state index contributed by atoms with van der Waals surface area (Å²) in [4.78, 5) is 49.8. The van der Waals surface area contributed by atoms with Gasteiger partial charge in [0.2, 0.25) is 11.8 Å². The third-order valence-corrected chi connectivity index (χ3v) is 7.16. The zero-order chi connectivity index (χ0) is 22.4. The molecule has 1 aromatic heterocycles. The van der Waals surface area contributed by atoms with Gasteiger partial charge in [0.15, 0.2) is 0 Å². The second kappa shape index (κ2) is 8.19. The highest BCUT2D eigenvalue weighted by Crippen LogP contribution is 2.33. The van der Waals surface area contributed by atoms with E-state index in [1.165, 1.54) is 5.56 Å². The fourth-order valence-electron chi connectivity index (χ4n) is 4.88. The topological polar surface area (TPSA) is 86.4 Å². The minimum atomic E-state index is -0.202. The summed E-state index contributed by atoms with van der Waals surface area (Å²) in [6, 6.07) is 8.10. The molecule has 2 unspecified atom stereocenters. The van der Waals surface area contributed by atoms with Gasteiger partial charge in [-0.1, -0.05) is 29.8 Å². The molecule has 7 heteroatoms. The molecule has 0 bridgehead atoms. The van der Waals surface area contributed by atoms with Crippen LogP contribution in [-0.2, 0) is 22.6 Å². The van der Waals surface area contributed by atoms with E-state index < -0.39 is 0 Å². The lowest BCUT2D eigenvalue weighted by Crippen LogP contribution is -2.40. The molecule has 2 fully saturated rings. The van der Waals surface area contributed by atoms with Gasteiger partial charge in [0, 0.05) is 37.0 Å². The summed E-state index contributed by atoms with van der Waals surface area (Å²) in [6.45, 7) is 6.21. The Labute approximate surface area is 187 Å². The minimum absolute atomic E-state index is 0.0108. The number of likely N-dealkylation sites (tertiary alicyclic amines) is 1. The molecule has 2 atom stereocenters. The van der Waals surface area contributed by atoms with E-state index in [0.717, 1.165) is 30.5 Å². The van der Waals surface area contributed by atoms with Crippen molar-refractivity contribution in [1.82, 2.24) is 19.8 Å². The van der Waals surface area contributed by atoms with Gasteiger partial charge in [-0.3, -0.25) is 14.4 Å². The Kier molecular flexibility index (Phi) is 5.35. The Morgan fingerprint density at radius 2 is 1.84 bits per heavy atom. The predicted molar refractivity (Wildman–Crippen MR) is 120 cm³/mol. The number of nitrogens with one attached hydrogen (secondary N) is 1. The maximum absolute atomic E-state index is 13.1. The van der Waals surface area contributed by atoms with Crippen molar-refractivity contribution in [2.45, 2.75) is 57.9 Å². The van der Waals surface area contributed by atoms with E-state index in [4.69, 9.17) is 4.98 Å². The van der Waals surface area contributed by atoms with Crippen molar-refractivity contribution in [3.63, 3.8) is 0 Å². The highest BCUT2D eigenvalue weighted by atomic mass is 16.2. The van der Waals surface area contributed by atoms with E-state index in [2.05, 4.69) is 4.98 Å². The van der Waals surface area contributed by atoms with E-state index in [-0.39, 0.29) is 35.1 Å². The minimum Gasteiger partial charge on any atom is -0.341 e. The summed E-state index contributed by atoms with van der Waals surface area (Å²) in [7, 11) is 0. The molecule has 2 aromatic rings. The van der Waals surface area contributed by atoms with Crippen molar-refractivity contribution in [2.75, 3.05) is 19.6 Å². The SMILES string of the molecule is Cc1ccc(C(C)C(=O)N2CCC(c3nc4c(c(=O)[nH]3)CCN(C(=O)C3CC3)C4)C2)cc1. The molecule has 5 rings (SSSR count). The molecule has 2 amide bonds. The fourth-order valence-corrected chi connectivity index (χ4v) is 4.88. The molecule has 7 nitrogen and oxygen atoms in total. The number of carbonyl (C=O) groups excluding carboxylic acids is 2. The van der Waals surface area contributed by atoms with Gasteiger partial charge in [0.25, 0.3) is 5.56 Å². The normalized spacial score (nSPS) is 21.4. The summed E-state index contributed by atoms with van der Waals surface area (Å²) >= 11 is 0. The van der Waals surface area contributed by atoms with E-state index in [9.17, 15) is 14.4 Å². The number of carbonyl (C=O) groups is 2. The third kappa shape index (κ3) is 3.96. The number of rotatable bonds is 4. The Morgan fingerprint density at radius 1 is 1.09 bits per heavy atom. The van der Waals surface area contributed by atoms with Crippen LogP contribution in [0, 0.1) is 12.8 Å². The number of aromatic nitrogens is 2. The molecule has 32 heavy (non-hydrogen) atoms. The molecular formula is C25H30N4O3. The molecule has 1 aromatic carbocycles. The molecule has 1 aliphatic carbocycles. The zero-order valence-corrected chi connectivity index (χ0v) is 18.8. The molecule has 2 aliphatic heterocycles. The van der Waals surface area contributed by atoms with Gasteiger partial charge < -0.3 is 14.8 Å². The van der Waals surface area contributed by atoms with Crippen LogP contribution in [0.1, 0.15) is 66.2 Å². The van der Waals surface area contributed by atoms with Crippen molar-refractivity contribution < 1.29 is 9.59 Å². The van der Waals surface area contributed by atoms with Crippen LogP contribution in [0.3, 0.4) is 0 Å². The summed E-state index contributed by atoms with van der Waals surface area (Å²) in [5.41, 5.74) is 3.52. The summed E-state index contributed by atoms with van der Waals surface area (Å²) in [5, 5.41) is 0. The van der Waals surface area contributed by atoms with Crippen molar-refractivity contribution in [3.05, 3.63) is 62.8 Å². The quantitative estimate of drug-likeness (QED) is 0.801. The fraction of sp³-hybridized carbons (Fsp3) is 0.520. The lowest BCUT2D eigenvalue weighted by molar-refractivity contribution is -0.133. The Bertz CT molecular complexity index is 1100. The van der Waals surface area contributed by atoms with Crippen molar-refractivity contribution in [1.29, 1.82) is 0 Å². The highest BCUT2D eigenvalue weighted by Gasteiger charge is 2.36. The predicted octanol–water partition coefficient (Wildman–Crippen LogP) is 2.49. The van der Waals surface area contributed by atoms with Crippen LogP contribution in [0.5, 0.6) is 0 Å². The molecule has 1 N–H and O–H groups in total. The van der Waals surface area contributed by atoms with Gasteiger partial charge in [0.1, 0.15) is 5.82 Å². The molecular weight excluding hydrogens is 404 g/mol. The van der Waals surface area contributed by atoms with Crippen LogP contribution in [0.2, 0.25) is 0 Å². The van der Waals surface area contributed by atoms with Crippen LogP contribution >= 0.6 is 0 Å². The number of benzene rings is 1. The number of hydrogen-bond donors (Lipinski definition) is 1.